The summed E-state index contributed by atoms with van der Waals surface area (Å²) < 4.78 is 5.34. The Kier molecular flexibility index (Phi) is 4.42. The summed E-state index contributed by atoms with van der Waals surface area (Å²) in [6.07, 6.45) is 2.65. The van der Waals surface area contributed by atoms with Gasteiger partial charge in [0.05, 0.1) is 19.6 Å². The van der Waals surface area contributed by atoms with Crippen molar-refractivity contribution in [3.63, 3.8) is 0 Å². The monoisotopic (exact) mass is 309 g/mol. The van der Waals surface area contributed by atoms with Crippen LogP contribution >= 0.6 is 0 Å². The molecule has 1 saturated carbocycles. The molecule has 0 saturated heterocycles. The number of carbonyl (C=O) groups excluding carboxylic acids is 1. The summed E-state index contributed by atoms with van der Waals surface area (Å²) in [6, 6.07) is 11.6. The second-order valence-corrected chi connectivity index (χ2v) is 5.84. The van der Waals surface area contributed by atoms with Crippen molar-refractivity contribution >= 4 is 16.7 Å². The van der Waals surface area contributed by atoms with Crippen LogP contribution in [-0.2, 0) is 0 Å². The number of rotatable bonds is 6. The molecule has 3 rings (SSSR count). The van der Waals surface area contributed by atoms with Crippen LogP contribution in [0.1, 0.15) is 29.8 Å². The van der Waals surface area contributed by atoms with E-state index in [4.69, 9.17) is 10.00 Å². The number of benzene rings is 1. The second kappa shape index (κ2) is 6.66. The number of methoxy groups -OCH3 is 1. The predicted octanol–water partition coefficient (Wildman–Crippen LogP) is 3.01. The Morgan fingerprint density at radius 3 is 2.91 bits per heavy atom. The zero-order valence-corrected chi connectivity index (χ0v) is 13.2. The van der Waals surface area contributed by atoms with Crippen LogP contribution in [0.4, 0.5) is 0 Å². The van der Waals surface area contributed by atoms with Crippen LogP contribution in [0.25, 0.3) is 10.8 Å². The minimum Gasteiger partial charge on any atom is -0.481 e. The van der Waals surface area contributed by atoms with E-state index in [2.05, 4.69) is 11.1 Å². The lowest BCUT2D eigenvalue weighted by Gasteiger charge is -2.21. The first kappa shape index (κ1) is 15.3. The van der Waals surface area contributed by atoms with Gasteiger partial charge in [0, 0.05) is 18.5 Å². The van der Waals surface area contributed by atoms with Gasteiger partial charge in [0.15, 0.2) is 0 Å². The molecular weight excluding hydrogens is 290 g/mol. The number of amides is 1. The summed E-state index contributed by atoms with van der Waals surface area (Å²) in [5.74, 6) is 0.898. The van der Waals surface area contributed by atoms with Gasteiger partial charge in [0.2, 0.25) is 5.88 Å². The number of carbonyl (C=O) groups is 1. The van der Waals surface area contributed by atoms with Gasteiger partial charge in [-0.25, -0.2) is 4.98 Å². The molecule has 1 amide bonds. The number of ether oxygens (including phenoxy) is 1. The zero-order valence-electron chi connectivity index (χ0n) is 13.2. The van der Waals surface area contributed by atoms with Crippen molar-refractivity contribution in [3.05, 3.63) is 36.0 Å². The van der Waals surface area contributed by atoms with Crippen LogP contribution < -0.4 is 4.74 Å². The van der Waals surface area contributed by atoms with Crippen LogP contribution in [0, 0.1) is 17.2 Å². The molecule has 0 atom stereocenters. The van der Waals surface area contributed by atoms with E-state index in [1.807, 2.05) is 24.3 Å². The van der Waals surface area contributed by atoms with E-state index in [-0.39, 0.29) is 5.91 Å². The smallest absolute Gasteiger partial charge is 0.272 e. The van der Waals surface area contributed by atoms with Gasteiger partial charge in [-0.15, -0.1) is 0 Å². The van der Waals surface area contributed by atoms with E-state index in [1.54, 1.807) is 18.1 Å². The van der Waals surface area contributed by atoms with Crippen LogP contribution in [0.5, 0.6) is 5.88 Å². The molecule has 0 unspecified atom stereocenters. The van der Waals surface area contributed by atoms with Gasteiger partial charge in [0.25, 0.3) is 5.91 Å². The molecule has 1 fully saturated rings. The maximum absolute atomic E-state index is 12.8. The highest BCUT2D eigenvalue weighted by Crippen LogP contribution is 2.30. The number of pyridine rings is 1. The van der Waals surface area contributed by atoms with E-state index < -0.39 is 0 Å². The van der Waals surface area contributed by atoms with Gasteiger partial charge in [-0.05, 0) is 36.3 Å². The second-order valence-electron chi connectivity index (χ2n) is 5.84. The van der Waals surface area contributed by atoms with Crippen LogP contribution in [0.15, 0.2) is 30.3 Å². The topological polar surface area (TPSA) is 66.2 Å². The lowest BCUT2D eigenvalue weighted by Crippen LogP contribution is -2.34. The standard InChI is InChI=1S/C18H19N3O2/c1-23-17-15-6-3-2-5-14(15)11-16(20-17)18(22)21(10-4-9-19)12-13-7-8-13/h2-3,5-6,11,13H,4,7-8,10,12H2,1H3. The quantitative estimate of drug-likeness (QED) is 0.822. The molecule has 1 aliphatic rings. The number of aromatic nitrogens is 1. The molecule has 2 aromatic rings. The molecule has 5 nitrogen and oxygen atoms in total. The van der Waals surface area contributed by atoms with E-state index in [0.717, 1.165) is 23.6 Å². The highest BCUT2D eigenvalue weighted by Gasteiger charge is 2.28. The maximum Gasteiger partial charge on any atom is 0.272 e. The number of nitriles is 1. The molecule has 1 aromatic carbocycles. The highest BCUT2D eigenvalue weighted by molar-refractivity contribution is 5.98. The van der Waals surface area contributed by atoms with Crippen molar-refractivity contribution in [2.24, 2.45) is 5.92 Å². The zero-order chi connectivity index (χ0) is 16.2. The average Bonchev–Trinajstić information content (AvgIpc) is 3.41. The highest BCUT2D eigenvalue weighted by atomic mass is 16.5. The van der Waals surface area contributed by atoms with Crippen LogP contribution in [0.2, 0.25) is 0 Å². The van der Waals surface area contributed by atoms with E-state index in [1.165, 1.54) is 0 Å². The Morgan fingerprint density at radius 1 is 1.43 bits per heavy atom. The summed E-state index contributed by atoms with van der Waals surface area (Å²) in [5, 5.41) is 10.6. The predicted molar refractivity (Wildman–Crippen MR) is 87.2 cm³/mol. The molecule has 0 spiro atoms. The van der Waals surface area contributed by atoms with E-state index in [9.17, 15) is 4.79 Å². The fourth-order valence-electron chi connectivity index (χ4n) is 2.67. The summed E-state index contributed by atoms with van der Waals surface area (Å²) in [5.41, 5.74) is 0.374. The van der Waals surface area contributed by atoms with Gasteiger partial charge in [-0.3, -0.25) is 4.79 Å². The Morgan fingerprint density at radius 2 is 2.22 bits per heavy atom. The first-order valence-corrected chi connectivity index (χ1v) is 7.83. The summed E-state index contributed by atoms with van der Waals surface area (Å²) in [7, 11) is 1.56. The SMILES string of the molecule is COc1nc(C(=O)N(CCC#N)CC2CC2)cc2ccccc12. The normalized spacial score (nSPS) is 13.6. The van der Waals surface area contributed by atoms with Gasteiger partial charge in [-0.1, -0.05) is 18.2 Å². The number of fused-ring (bicyclic) bond motifs is 1. The van der Waals surface area contributed by atoms with Crippen LogP contribution in [-0.4, -0.2) is 36.0 Å². The van der Waals surface area contributed by atoms with E-state index in [0.29, 0.717) is 37.0 Å². The summed E-state index contributed by atoms with van der Waals surface area (Å²) >= 11 is 0. The molecule has 23 heavy (non-hydrogen) atoms. The number of hydrogen-bond donors (Lipinski definition) is 0. The molecule has 118 valence electrons. The van der Waals surface area contributed by atoms with E-state index >= 15 is 0 Å². The molecule has 0 N–H and O–H groups in total. The van der Waals surface area contributed by atoms with Crippen molar-refractivity contribution in [1.82, 2.24) is 9.88 Å². The van der Waals surface area contributed by atoms with Gasteiger partial charge < -0.3 is 9.64 Å². The first-order valence-electron chi connectivity index (χ1n) is 7.83. The number of hydrogen-bond acceptors (Lipinski definition) is 4. The Hall–Kier alpha value is -2.61. The maximum atomic E-state index is 12.8. The fourth-order valence-corrected chi connectivity index (χ4v) is 2.67. The third kappa shape index (κ3) is 3.42. The van der Waals surface area contributed by atoms with Gasteiger partial charge >= 0.3 is 0 Å². The van der Waals surface area contributed by atoms with Crippen molar-refractivity contribution in [2.75, 3.05) is 20.2 Å². The minimum atomic E-state index is -0.129. The lowest BCUT2D eigenvalue weighted by atomic mass is 10.1. The first-order chi connectivity index (χ1) is 11.2. The Balaban J connectivity index is 1.92. The molecule has 5 heteroatoms. The van der Waals surface area contributed by atoms with Gasteiger partial charge in [-0.2, -0.15) is 5.26 Å². The Labute approximate surface area is 135 Å². The Bertz CT molecular complexity index is 762. The van der Waals surface area contributed by atoms with Crippen molar-refractivity contribution in [3.8, 4) is 11.9 Å². The average molecular weight is 309 g/mol. The fraction of sp³-hybridized carbons (Fsp3) is 0.389. The molecule has 0 aliphatic heterocycles. The molecule has 1 aliphatic carbocycles. The van der Waals surface area contributed by atoms with Crippen LogP contribution in [0.3, 0.4) is 0 Å². The largest absolute Gasteiger partial charge is 0.481 e. The van der Waals surface area contributed by atoms with Gasteiger partial charge in [0.1, 0.15) is 5.69 Å². The third-order valence-corrected chi connectivity index (χ3v) is 4.07. The van der Waals surface area contributed by atoms with Crippen molar-refractivity contribution < 1.29 is 9.53 Å². The number of nitrogens with zero attached hydrogens (tertiary/aromatic N) is 3. The molecule has 1 heterocycles. The summed E-state index contributed by atoms with van der Waals surface area (Å²) in [4.78, 5) is 19.0. The minimum absolute atomic E-state index is 0.129. The summed E-state index contributed by atoms with van der Waals surface area (Å²) in [6.45, 7) is 1.15. The molecule has 0 radical (unpaired) electrons. The van der Waals surface area contributed by atoms with Crippen molar-refractivity contribution in [1.29, 1.82) is 5.26 Å². The lowest BCUT2D eigenvalue weighted by molar-refractivity contribution is 0.0745. The molecule has 0 bridgehead atoms. The molecule has 1 aromatic heterocycles. The molecular formula is C18H19N3O2. The third-order valence-electron chi connectivity index (χ3n) is 4.07. The van der Waals surface area contributed by atoms with Crippen molar-refractivity contribution in [2.45, 2.75) is 19.3 Å².